The maximum atomic E-state index is 11.5. The Balaban J connectivity index is 2.12. The summed E-state index contributed by atoms with van der Waals surface area (Å²) in [4.78, 5) is 27.0. The van der Waals surface area contributed by atoms with Crippen LogP contribution in [0.4, 0.5) is 0 Å². The first-order valence-corrected chi connectivity index (χ1v) is 6.96. The monoisotopic (exact) mass is 307 g/mol. The maximum absolute atomic E-state index is 11.5. The van der Waals surface area contributed by atoms with Gasteiger partial charge >= 0.3 is 11.9 Å². The molecule has 0 fully saturated rings. The van der Waals surface area contributed by atoms with Crippen molar-refractivity contribution < 1.29 is 19.4 Å². The molecule has 0 unspecified atom stereocenters. The number of nitrogens with zero attached hydrogens (tertiary/aromatic N) is 1. The average Bonchev–Trinajstić information content (AvgIpc) is 2.53. The van der Waals surface area contributed by atoms with Crippen LogP contribution in [-0.4, -0.2) is 22.0 Å². The Kier molecular flexibility index (Phi) is 3.76. The summed E-state index contributed by atoms with van der Waals surface area (Å²) in [6.07, 6.45) is 0. The molecule has 0 aliphatic heterocycles. The molecule has 0 atom stereocenters. The highest BCUT2D eigenvalue weighted by Crippen LogP contribution is 2.27. The van der Waals surface area contributed by atoms with Crippen LogP contribution in [0.15, 0.2) is 54.6 Å². The van der Waals surface area contributed by atoms with E-state index < -0.39 is 11.9 Å². The topological polar surface area (TPSA) is 76.5 Å². The standard InChI is InChI=1S/C18H13NO4/c1-11(20)23-14-8-6-12(7-9-14)17-15(18(21)22)10-13-4-2-3-5-16(13)19-17/h2-10H,1H3,(H,21,22). The lowest BCUT2D eigenvalue weighted by atomic mass is 10.0. The number of aromatic carboxylic acids is 1. The number of carbonyl (C=O) groups is 2. The number of ether oxygens (including phenoxy) is 1. The van der Waals surface area contributed by atoms with E-state index >= 15 is 0 Å². The lowest BCUT2D eigenvalue weighted by molar-refractivity contribution is -0.131. The molecular formula is C18H13NO4. The van der Waals surface area contributed by atoms with E-state index in [1.165, 1.54) is 6.92 Å². The third-order valence-electron chi connectivity index (χ3n) is 3.34. The smallest absolute Gasteiger partial charge is 0.337 e. The minimum atomic E-state index is -1.04. The lowest BCUT2D eigenvalue weighted by Gasteiger charge is -2.09. The van der Waals surface area contributed by atoms with Crippen LogP contribution >= 0.6 is 0 Å². The van der Waals surface area contributed by atoms with Crippen LogP contribution in [0.2, 0.25) is 0 Å². The lowest BCUT2D eigenvalue weighted by Crippen LogP contribution is -2.03. The highest BCUT2D eigenvalue weighted by molar-refractivity contribution is 5.99. The Morgan fingerprint density at radius 1 is 1.04 bits per heavy atom. The molecule has 23 heavy (non-hydrogen) atoms. The predicted molar refractivity (Wildman–Crippen MR) is 85.4 cm³/mol. The van der Waals surface area contributed by atoms with E-state index in [0.29, 0.717) is 17.0 Å². The van der Waals surface area contributed by atoms with Crippen LogP contribution in [0.3, 0.4) is 0 Å². The number of aromatic nitrogens is 1. The fraction of sp³-hybridized carbons (Fsp3) is 0.0556. The number of fused-ring (bicyclic) bond motifs is 1. The molecular weight excluding hydrogens is 294 g/mol. The zero-order chi connectivity index (χ0) is 16.4. The molecule has 1 N–H and O–H groups in total. The second-order valence-corrected chi connectivity index (χ2v) is 5.00. The Morgan fingerprint density at radius 3 is 2.39 bits per heavy atom. The van der Waals surface area contributed by atoms with E-state index in [1.807, 2.05) is 24.3 Å². The summed E-state index contributed by atoms with van der Waals surface area (Å²) in [5.74, 6) is -1.05. The summed E-state index contributed by atoms with van der Waals surface area (Å²) in [5, 5.41) is 10.2. The molecule has 1 aromatic heterocycles. The Hall–Kier alpha value is -3.21. The normalized spacial score (nSPS) is 10.5. The zero-order valence-electron chi connectivity index (χ0n) is 12.3. The van der Waals surface area contributed by atoms with Gasteiger partial charge in [-0.3, -0.25) is 4.79 Å². The van der Waals surface area contributed by atoms with Crippen molar-refractivity contribution in [1.29, 1.82) is 0 Å². The molecule has 2 aromatic carbocycles. The van der Waals surface area contributed by atoms with E-state index in [-0.39, 0.29) is 5.56 Å². The Morgan fingerprint density at radius 2 is 1.74 bits per heavy atom. The highest BCUT2D eigenvalue weighted by Gasteiger charge is 2.15. The van der Waals surface area contributed by atoms with Gasteiger partial charge in [0.1, 0.15) is 5.75 Å². The van der Waals surface area contributed by atoms with Gasteiger partial charge in [-0.1, -0.05) is 18.2 Å². The van der Waals surface area contributed by atoms with E-state index in [2.05, 4.69) is 4.98 Å². The zero-order valence-corrected chi connectivity index (χ0v) is 12.3. The van der Waals surface area contributed by atoms with E-state index in [0.717, 1.165) is 10.9 Å². The first kappa shape index (κ1) is 14.7. The number of hydrogen-bond donors (Lipinski definition) is 1. The van der Waals surface area contributed by atoms with Gasteiger partial charge in [0.25, 0.3) is 0 Å². The number of pyridine rings is 1. The predicted octanol–water partition coefficient (Wildman–Crippen LogP) is 3.53. The number of esters is 1. The fourth-order valence-electron chi connectivity index (χ4n) is 2.35. The van der Waals surface area contributed by atoms with Gasteiger partial charge in [-0.15, -0.1) is 0 Å². The molecule has 114 valence electrons. The van der Waals surface area contributed by atoms with Crippen molar-refractivity contribution >= 4 is 22.8 Å². The van der Waals surface area contributed by atoms with Gasteiger partial charge < -0.3 is 9.84 Å². The quantitative estimate of drug-likeness (QED) is 0.591. The van der Waals surface area contributed by atoms with E-state index in [9.17, 15) is 14.7 Å². The number of carbonyl (C=O) groups excluding carboxylic acids is 1. The SMILES string of the molecule is CC(=O)Oc1ccc(-c2nc3ccccc3cc2C(=O)O)cc1. The van der Waals surface area contributed by atoms with Crippen LogP contribution in [-0.2, 0) is 4.79 Å². The van der Waals surface area contributed by atoms with E-state index in [4.69, 9.17) is 4.74 Å². The van der Waals surface area contributed by atoms with Crippen LogP contribution in [0.5, 0.6) is 5.75 Å². The molecule has 0 bridgehead atoms. The van der Waals surface area contributed by atoms with Crippen molar-refractivity contribution in [2.75, 3.05) is 0 Å². The number of hydrogen-bond acceptors (Lipinski definition) is 4. The van der Waals surface area contributed by atoms with Crippen molar-refractivity contribution in [3.63, 3.8) is 0 Å². The minimum Gasteiger partial charge on any atom is -0.478 e. The number of carboxylic acids is 1. The van der Waals surface area contributed by atoms with Crippen molar-refractivity contribution in [1.82, 2.24) is 4.98 Å². The number of benzene rings is 2. The third kappa shape index (κ3) is 3.03. The first-order chi connectivity index (χ1) is 11.0. The van der Waals surface area contributed by atoms with E-state index in [1.54, 1.807) is 30.3 Å². The van der Waals surface area contributed by atoms with Gasteiger partial charge in [0.05, 0.1) is 16.8 Å². The summed E-state index contributed by atoms with van der Waals surface area (Å²) in [6, 6.07) is 15.5. The van der Waals surface area contributed by atoms with Crippen molar-refractivity contribution in [3.05, 3.63) is 60.2 Å². The molecule has 5 heteroatoms. The largest absolute Gasteiger partial charge is 0.478 e. The minimum absolute atomic E-state index is 0.129. The summed E-state index contributed by atoms with van der Waals surface area (Å²) < 4.78 is 4.98. The van der Waals surface area contributed by atoms with Gasteiger partial charge in [-0.25, -0.2) is 9.78 Å². The van der Waals surface area contributed by atoms with Gasteiger partial charge in [0, 0.05) is 17.9 Å². The van der Waals surface area contributed by atoms with Gasteiger partial charge in [0.15, 0.2) is 0 Å². The Bertz CT molecular complexity index is 901. The first-order valence-electron chi connectivity index (χ1n) is 6.96. The average molecular weight is 307 g/mol. The molecule has 3 rings (SSSR count). The second-order valence-electron chi connectivity index (χ2n) is 5.00. The molecule has 1 heterocycles. The van der Waals surface area contributed by atoms with Crippen molar-refractivity contribution in [2.45, 2.75) is 6.92 Å². The molecule has 0 saturated heterocycles. The van der Waals surface area contributed by atoms with Crippen molar-refractivity contribution in [2.24, 2.45) is 0 Å². The van der Waals surface area contributed by atoms with Crippen molar-refractivity contribution in [3.8, 4) is 17.0 Å². The van der Waals surface area contributed by atoms with Crippen LogP contribution in [0, 0.1) is 0 Å². The molecule has 0 saturated carbocycles. The molecule has 0 aliphatic rings. The molecule has 3 aromatic rings. The van der Waals surface area contributed by atoms with Gasteiger partial charge in [0.2, 0.25) is 0 Å². The maximum Gasteiger partial charge on any atom is 0.337 e. The third-order valence-corrected chi connectivity index (χ3v) is 3.34. The molecule has 0 aliphatic carbocycles. The highest BCUT2D eigenvalue weighted by atomic mass is 16.5. The summed E-state index contributed by atoms with van der Waals surface area (Å²) >= 11 is 0. The summed E-state index contributed by atoms with van der Waals surface area (Å²) in [6.45, 7) is 1.32. The fourth-order valence-corrected chi connectivity index (χ4v) is 2.35. The molecule has 0 spiro atoms. The van der Waals surface area contributed by atoms with Crippen LogP contribution in [0.25, 0.3) is 22.2 Å². The second kappa shape index (κ2) is 5.88. The molecule has 0 amide bonds. The Labute approximate surface area is 132 Å². The number of carboxylic acid groups (broad SMARTS) is 1. The summed E-state index contributed by atoms with van der Waals surface area (Å²) in [5.41, 5.74) is 1.87. The molecule has 0 radical (unpaired) electrons. The van der Waals surface area contributed by atoms with Gasteiger partial charge in [-0.05, 0) is 36.4 Å². The van der Waals surface area contributed by atoms with Crippen LogP contribution < -0.4 is 4.74 Å². The summed E-state index contributed by atoms with van der Waals surface area (Å²) in [7, 11) is 0. The molecule has 5 nitrogen and oxygen atoms in total. The number of para-hydroxylation sites is 1. The number of rotatable bonds is 3. The van der Waals surface area contributed by atoms with Crippen LogP contribution in [0.1, 0.15) is 17.3 Å². The van der Waals surface area contributed by atoms with Gasteiger partial charge in [-0.2, -0.15) is 0 Å².